The van der Waals surface area contributed by atoms with Gasteiger partial charge >= 0.3 is 0 Å². The molecule has 3 rings (SSSR count). The lowest BCUT2D eigenvalue weighted by molar-refractivity contribution is 1.16. The first-order valence-corrected chi connectivity index (χ1v) is 8.07. The maximum Gasteiger partial charge on any atom is 0.229 e. The van der Waals surface area contributed by atoms with Crippen molar-refractivity contribution >= 4 is 39.1 Å². The summed E-state index contributed by atoms with van der Waals surface area (Å²) in [6.45, 7) is 2.04. The maximum atomic E-state index is 8.96. The van der Waals surface area contributed by atoms with E-state index in [-0.39, 0.29) is 0 Å². The molecule has 6 heteroatoms. The molecule has 2 N–H and O–H groups in total. The predicted molar refractivity (Wildman–Crippen MR) is 98.6 cm³/mol. The van der Waals surface area contributed by atoms with Gasteiger partial charge in [0.2, 0.25) is 5.95 Å². The molecular weight excluding hydrogens is 366 g/mol. The second-order valence-corrected chi connectivity index (χ2v) is 6.03. The zero-order valence-corrected chi connectivity index (χ0v) is 14.5. The molecule has 0 atom stereocenters. The summed E-state index contributed by atoms with van der Waals surface area (Å²) in [4.78, 5) is 8.65. The van der Waals surface area contributed by atoms with Crippen LogP contribution in [0.15, 0.2) is 59.2 Å². The molecule has 118 valence electrons. The Morgan fingerprint density at radius 3 is 2.67 bits per heavy atom. The van der Waals surface area contributed by atoms with Crippen LogP contribution in [0.4, 0.5) is 23.1 Å². The number of hydrogen-bond donors (Lipinski definition) is 2. The number of benzene rings is 2. The molecule has 0 amide bonds. The second-order valence-electron chi connectivity index (χ2n) is 5.17. The molecule has 1 aromatic heterocycles. The van der Waals surface area contributed by atoms with Gasteiger partial charge in [-0.3, -0.25) is 0 Å². The first kappa shape index (κ1) is 16.0. The largest absolute Gasteiger partial charge is 0.340 e. The van der Waals surface area contributed by atoms with Gasteiger partial charge in [0.15, 0.2) is 0 Å². The third-order valence-corrected chi connectivity index (χ3v) is 4.20. The maximum absolute atomic E-state index is 8.96. The van der Waals surface area contributed by atoms with Crippen LogP contribution in [0.1, 0.15) is 11.1 Å². The highest BCUT2D eigenvalue weighted by atomic mass is 79.9. The third-order valence-electron chi connectivity index (χ3n) is 3.35. The molecule has 0 spiro atoms. The molecule has 0 fully saturated rings. The molecule has 2 aromatic carbocycles. The number of nitrogens with zero attached hydrogens (tertiary/aromatic N) is 3. The zero-order valence-electron chi connectivity index (χ0n) is 12.9. The van der Waals surface area contributed by atoms with Gasteiger partial charge in [0.25, 0.3) is 0 Å². The van der Waals surface area contributed by atoms with Crippen LogP contribution in [-0.4, -0.2) is 9.97 Å². The molecular formula is C18H14BrN5. The summed E-state index contributed by atoms with van der Waals surface area (Å²) in [5.74, 6) is 1.14. The van der Waals surface area contributed by atoms with Gasteiger partial charge in [0, 0.05) is 22.0 Å². The Kier molecular flexibility index (Phi) is 4.73. The van der Waals surface area contributed by atoms with Crippen molar-refractivity contribution in [3.05, 3.63) is 70.3 Å². The fourth-order valence-electron chi connectivity index (χ4n) is 2.10. The van der Waals surface area contributed by atoms with Crippen LogP contribution in [0.2, 0.25) is 0 Å². The van der Waals surface area contributed by atoms with Gasteiger partial charge in [-0.1, -0.05) is 28.1 Å². The molecule has 0 unspecified atom stereocenters. The van der Waals surface area contributed by atoms with Crippen LogP contribution in [0.5, 0.6) is 0 Å². The topological polar surface area (TPSA) is 73.6 Å². The van der Waals surface area contributed by atoms with Gasteiger partial charge in [-0.15, -0.1) is 0 Å². The van der Waals surface area contributed by atoms with E-state index in [1.54, 1.807) is 24.4 Å². The molecule has 0 aliphatic carbocycles. The van der Waals surface area contributed by atoms with E-state index in [1.807, 2.05) is 37.3 Å². The number of halogens is 1. The average molecular weight is 380 g/mol. The van der Waals surface area contributed by atoms with Crippen molar-refractivity contribution < 1.29 is 0 Å². The Bertz CT molecular complexity index is 917. The van der Waals surface area contributed by atoms with E-state index in [2.05, 4.69) is 42.6 Å². The van der Waals surface area contributed by atoms with E-state index in [0.717, 1.165) is 15.8 Å². The normalized spacial score (nSPS) is 10.0. The Hall–Kier alpha value is -2.91. The van der Waals surface area contributed by atoms with E-state index in [0.29, 0.717) is 17.3 Å². The minimum atomic E-state index is 0.460. The Morgan fingerprint density at radius 1 is 1.04 bits per heavy atom. The van der Waals surface area contributed by atoms with Crippen LogP contribution >= 0.6 is 15.9 Å². The number of nitriles is 1. The smallest absolute Gasteiger partial charge is 0.229 e. The van der Waals surface area contributed by atoms with Gasteiger partial charge in [-0.25, -0.2) is 4.98 Å². The van der Waals surface area contributed by atoms with Gasteiger partial charge in [-0.2, -0.15) is 10.2 Å². The highest BCUT2D eigenvalue weighted by Crippen LogP contribution is 2.23. The van der Waals surface area contributed by atoms with Crippen molar-refractivity contribution in [1.82, 2.24) is 9.97 Å². The minimum Gasteiger partial charge on any atom is -0.340 e. The zero-order chi connectivity index (χ0) is 16.9. The van der Waals surface area contributed by atoms with Crippen LogP contribution < -0.4 is 10.6 Å². The Morgan fingerprint density at radius 2 is 1.88 bits per heavy atom. The molecule has 1 heterocycles. The highest BCUT2D eigenvalue weighted by Gasteiger charge is 2.03. The first-order valence-electron chi connectivity index (χ1n) is 7.27. The fourth-order valence-corrected chi connectivity index (χ4v) is 2.48. The lowest BCUT2D eigenvalue weighted by atomic mass is 10.2. The summed E-state index contributed by atoms with van der Waals surface area (Å²) in [7, 11) is 0. The molecule has 0 radical (unpaired) electrons. The summed E-state index contributed by atoms with van der Waals surface area (Å²) < 4.78 is 1.04. The van der Waals surface area contributed by atoms with Crippen molar-refractivity contribution in [3.8, 4) is 6.07 Å². The second kappa shape index (κ2) is 7.11. The van der Waals surface area contributed by atoms with Crippen LogP contribution in [0.25, 0.3) is 0 Å². The molecule has 0 saturated heterocycles. The fraction of sp³-hybridized carbons (Fsp3) is 0.0556. The number of nitrogens with one attached hydrogen (secondary N) is 2. The third kappa shape index (κ3) is 3.89. The van der Waals surface area contributed by atoms with E-state index >= 15 is 0 Å². The molecule has 0 aliphatic rings. The lowest BCUT2D eigenvalue weighted by Gasteiger charge is -2.09. The van der Waals surface area contributed by atoms with Crippen molar-refractivity contribution in [2.24, 2.45) is 0 Å². The Balaban J connectivity index is 1.78. The summed E-state index contributed by atoms with van der Waals surface area (Å²) in [5.41, 5.74) is 3.45. The van der Waals surface area contributed by atoms with E-state index in [1.165, 1.54) is 5.56 Å². The van der Waals surface area contributed by atoms with Crippen LogP contribution in [0, 0.1) is 18.3 Å². The van der Waals surface area contributed by atoms with Crippen LogP contribution in [0.3, 0.4) is 0 Å². The van der Waals surface area contributed by atoms with Crippen LogP contribution in [-0.2, 0) is 0 Å². The summed E-state index contributed by atoms with van der Waals surface area (Å²) in [6.07, 6.45) is 1.68. The average Bonchev–Trinajstić information content (AvgIpc) is 2.59. The molecule has 3 aromatic rings. The van der Waals surface area contributed by atoms with Gasteiger partial charge in [0.1, 0.15) is 5.82 Å². The Labute approximate surface area is 148 Å². The molecule has 0 bridgehead atoms. The lowest BCUT2D eigenvalue weighted by Crippen LogP contribution is -2.00. The molecule has 0 saturated carbocycles. The SMILES string of the molecule is Cc1ccc(Nc2ccnc(Nc3cccc(C#N)c3)n2)cc1Br. The van der Waals surface area contributed by atoms with E-state index < -0.39 is 0 Å². The summed E-state index contributed by atoms with van der Waals surface area (Å²) in [5, 5.41) is 15.3. The number of aryl methyl sites for hydroxylation is 1. The molecule has 5 nitrogen and oxygen atoms in total. The van der Waals surface area contributed by atoms with Crippen molar-refractivity contribution in [2.75, 3.05) is 10.6 Å². The van der Waals surface area contributed by atoms with Crippen molar-refractivity contribution in [3.63, 3.8) is 0 Å². The first-order chi connectivity index (χ1) is 11.6. The number of aromatic nitrogens is 2. The number of hydrogen-bond acceptors (Lipinski definition) is 5. The van der Waals surface area contributed by atoms with Gasteiger partial charge < -0.3 is 10.6 Å². The standard InChI is InChI=1S/C18H14BrN5/c1-12-5-6-15(10-16(12)19)22-17-7-8-21-18(24-17)23-14-4-2-3-13(9-14)11-20/h2-10H,1H3,(H2,21,22,23,24). The van der Waals surface area contributed by atoms with E-state index in [9.17, 15) is 0 Å². The minimum absolute atomic E-state index is 0.460. The highest BCUT2D eigenvalue weighted by molar-refractivity contribution is 9.10. The van der Waals surface area contributed by atoms with Gasteiger partial charge in [-0.05, 0) is 48.9 Å². The molecule has 24 heavy (non-hydrogen) atoms. The predicted octanol–water partition coefficient (Wildman–Crippen LogP) is 4.91. The quantitative estimate of drug-likeness (QED) is 0.673. The van der Waals surface area contributed by atoms with E-state index in [4.69, 9.17) is 5.26 Å². The summed E-state index contributed by atoms with van der Waals surface area (Å²) in [6, 6.07) is 17.1. The number of rotatable bonds is 4. The molecule has 0 aliphatic heterocycles. The monoisotopic (exact) mass is 379 g/mol. The van der Waals surface area contributed by atoms with Crippen molar-refractivity contribution in [1.29, 1.82) is 5.26 Å². The van der Waals surface area contributed by atoms with Gasteiger partial charge in [0.05, 0.1) is 11.6 Å². The number of anilines is 4. The summed E-state index contributed by atoms with van der Waals surface area (Å²) >= 11 is 3.52. The van der Waals surface area contributed by atoms with Crippen molar-refractivity contribution in [2.45, 2.75) is 6.92 Å².